The van der Waals surface area contributed by atoms with Gasteiger partial charge in [0.05, 0.1) is 11.1 Å². The van der Waals surface area contributed by atoms with Crippen molar-refractivity contribution in [3.63, 3.8) is 0 Å². The Morgan fingerprint density at radius 1 is 0.967 bits per heavy atom. The molecule has 2 amide bonds. The smallest absolute Gasteiger partial charge is 0.287 e. The first-order chi connectivity index (χ1) is 14.7. The molecule has 0 aliphatic heterocycles. The zero-order valence-corrected chi connectivity index (χ0v) is 16.8. The number of carbonyl (C=O) groups excluding carboxylic acids is 2. The van der Waals surface area contributed by atoms with E-state index in [0.29, 0.717) is 25.3 Å². The highest BCUT2D eigenvalue weighted by Gasteiger charge is 2.17. The van der Waals surface area contributed by atoms with E-state index in [2.05, 4.69) is 15.8 Å². The van der Waals surface area contributed by atoms with Gasteiger partial charge in [0.2, 0.25) is 0 Å². The Balaban J connectivity index is 1.23. The van der Waals surface area contributed by atoms with Gasteiger partial charge in [-0.2, -0.15) is 0 Å². The molecule has 0 saturated carbocycles. The summed E-state index contributed by atoms with van der Waals surface area (Å²) in [7, 11) is 0. The van der Waals surface area contributed by atoms with Crippen LogP contribution < -0.4 is 10.6 Å². The monoisotopic (exact) mass is 421 g/mol. The second kappa shape index (κ2) is 9.23. The second-order valence-corrected chi connectivity index (χ2v) is 7.40. The van der Waals surface area contributed by atoms with Crippen LogP contribution in [-0.4, -0.2) is 30.1 Å². The third kappa shape index (κ3) is 4.49. The van der Waals surface area contributed by atoms with Crippen LogP contribution in [-0.2, 0) is 0 Å². The summed E-state index contributed by atoms with van der Waals surface area (Å²) < 4.78 is 10.6. The van der Waals surface area contributed by atoms with Gasteiger partial charge in [0, 0.05) is 24.7 Å². The summed E-state index contributed by atoms with van der Waals surface area (Å²) in [5.74, 6) is 0.233. The molecule has 0 fully saturated rings. The van der Waals surface area contributed by atoms with Crippen molar-refractivity contribution >= 4 is 23.2 Å². The Morgan fingerprint density at radius 2 is 1.77 bits per heavy atom. The van der Waals surface area contributed by atoms with Crippen molar-refractivity contribution in [3.8, 4) is 21.8 Å². The third-order valence-electron chi connectivity index (χ3n) is 4.39. The summed E-state index contributed by atoms with van der Waals surface area (Å²) in [6.07, 6.45) is 2.06. The fourth-order valence-electron chi connectivity index (χ4n) is 2.91. The van der Waals surface area contributed by atoms with Gasteiger partial charge in [-0.05, 0) is 29.5 Å². The Kier molecular flexibility index (Phi) is 6.05. The number of furan rings is 1. The van der Waals surface area contributed by atoms with Gasteiger partial charge in [0.25, 0.3) is 11.8 Å². The highest BCUT2D eigenvalue weighted by Crippen LogP contribution is 2.25. The van der Waals surface area contributed by atoms with Crippen molar-refractivity contribution in [3.05, 3.63) is 77.7 Å². The van der Waals surface area contributed by atoms with E-state index >= 15 is 0 Å². The summed E-state index contributed by atoms with van der Waals surface area (Å²) in [5, 5.41) is 11.3. The molecule has 30 heavy (non-hydrogen) atoms. The van der Waals surface area contributed by atoms with Gasteiger partial charge in [0.1, 0.15) is 0 Å². The lowest BCUT2D eigenvalue weighted by atomic mass is 10.1. The number of carbonyl (C=O) groups is 2. The van der Waals surface area contributed by atoms with Crippen molar-refractivity contribution in [2.24, 2.45) is 0 Å². The molecule has 8 heteroatoms. The Bertz CT molecular complexity index is 1120. The van der Waals surface area contributed by atoms with E-state index in [-0.39, 0.29) is 23.3 Å². The highest BCUT2D eigenvalue weighted by molar-refractivity contribution is 7.13. The minimum Gasteiger partial charge on any atom is -0.459 e. The number of hydrogen-bond acceptors (Lipinski definition) is 6. The van der Waals surface area contributed by atoms with Gasteiger partial charge in [0.15, 0.2) is 17.2 Å². The molecule has 4 aromatic rings. The lowest BCUT2D eigenvalue weighted by molar-refractivity contribution is 0.0926. The molecule has 1 aromatic carbocycles. The molecule has 0 aliphatic rings. The minimum atomic E-state index is -0.315. The maximum atomic E-state index is 12.4. The predicted octanol–water partition coefficient (Wildman–Crippen LogP) is 4.21. The average Bonchev–Trinajstić information content (AvgIpc) is 3.54. The summed E-state index contributed by atoms with van der Waals surface area (Å²) in [4.78, 5) is 25.5. The molecule has 0 bridgehead atoms. The van der Waals surface area contributed by atoms with E-state index in [1.165, 1.54) is 17.6 Å². The molecule has 152 valence electrons. The van der Waals surface area contributed by atoms with Crippen molar-refractivity contribution in [1.82, 2.24) is 15.8 Å². The van der Waals surface area contributed by atoms with E-state index in [1.54, 1.807) is 12.1 Å². The number of thiophene rings is 1. The number of rotatable bonds is 8. The van der Waals surface area contributed by atoms with Gasteiger partial charge in [-0.3, -0.25) is 9.59 Å². The molecule has 0 unspecified atom stereocenters. The van der Waals surface area contributed by atoms with Crippen LogP contribution in [0.1, 0.15) is 27.5 Å². The molecule has 3 heterocycles. The molecule has 3 aromatic heterocycles. The Hall–Kier alpha value is -3.65. The number of hydrogen-bond donors (Lipinski definition) is 2. The van der Waals surface area contributed by atoms with Crippen molar-refractivity contribution < 1.29 is 18.5 Å². The first-order valence-electron chi connectivity index (χ1n) is 9.42. The maximum Gasteiger partial charge on any atom is 0.287 e. The SMILES string of the molecule is O=C(NCCCNC(=O)c1occc1-c1ccccc1)c1cc(-c2cccs2)on1. The van der Waals surface area contributed by atoms with Crippen LogP contribution in [0.4, 0.5) is 0 Å². The van der Waals surface area contributed by atoms with E-state index in [0.717, 1.165) is 16.0 Å². The van der Waals surface area contributed by atoms with Crippen LogP contribution in [0, 0.1) is 0 Å². The first kappa shape index (κ1) is 19.7. The van der Waals surface area contributed by atoms with E-state index in [4.69, 9.17) is 8.94 Å². The van der Waals surface area contributed by atoms with Crippen LogP contribution in [0.3, 0.4) is 0 Å². The third-order valence-corrected chi connectivity index (χ3v) is 5.27. The molecule has 0 saturated heterocycles. The van der Waals surface area contributed by atoms with Crippen molar-refractivity contribution in [1.29, 1.82) is 0 Å². The number of nitrogens with zero attached hydrogens (tertiary/aromatic N) is 1. The summed E-state index contributed by atoms with van der Waals surface area (Å²) in [6, 6.07) is 16.8. The molecular weight excluding hydrogens is 402 g/mol. The number of aromatic nitrogens is 1. The zero-order valence-electron chi connectivity index (χ0n) is 16.0. The fourth-order valence-corrected chi connectivity index (χ4v) is 3.58. The molecular formula is C22H19N3O4S. The normalized spacial score (nSPS) is 10.7. The van der Waals surface area contributed by atoms with Gasteiger partial charge < -0.3 is 19.6 Å². The van der Waals surface area contributed by atoms with E-state index in [9.17, 15) is 9.59 Å². The fraction of sp³-hybridized carbons (Fsp3) is 0.136. The van der Waals surface area contributed by atoms with Crippen molar-refractivity contribution in [2.75, 3.05) is 13.1 Å². The Morgan fingerprint density at radius 3 is 2.53 bits per heavy atom. The standard InChI is InChI=1S/C22H19N3O4S/c26-21(17-14-18(29-25-17)19-8-4-13-30-19)23-10-5-11-24-22(27)20-16(9-12-28-20)15-6-2-1-3-7-15/h1-4,6-9,12-14H,5,10-11H2,(H,23,26)(H,24,27). The van der Waals surface area contributed by atoms with E-state index in [1.807, 2.05) is 47.8 Å². The highest BCUT2D eigenvalue weighted by atomic mass is 32.1. The summed E-state index contributed by atoms with van der Waals surface area (Å²) in [6.45, 7) is 0.789. The topological polar surface area (TPSA) is 97.4 Å². The van der Waals surface area contributed by atoms with E-state index < -0.39 is 0 Å². The van der Waals surface area contributed by atoms with Gasteiger partial charge >= 0.3 is 0 Å². The largest absolute Gasteiger partial charge is 0.459 e. The number of amides is 2. The molecule has 0 radical (unpaired) electrons. The molecule has 0 atom stereocenters. The lowest BCUT2D eigenvalue weighted by Crippen LogP contribution is -2.30. The number of nitrogens with one attached hydrogen (secondary N) is 2. The summed E-state index contributed by atoms with van der Waals surface area (Å²) in [5.41, 5.74) is 1.89. The van der Waals surface area contributed by atoms with Gasteiger partial charge in [-0.1, -0.05) is 41.6 Å². The molecule has 0 aliphatic carbocycles. The quantitative estimate of drug-likeness (QED) is 0.415. The van der Waals surface area contributed by atoms with Crippen LogP contribution >= 0.6 is 11.3 Å². The van der Waals surface area contributed by atoms with Crippen LogP contribution in [0.25, 0.3) is 21.8 Å². The van der Waals surface area contributed by atoms with Gasteiger partial charge in [-0.15, -0.1) is 11.3 Å². The Labute approximate surface area is 176 Å². The predicted molar refractivity (Wildman–Crippen MR) is 113 cm³/mol. The van der Waals surface area contributed by atoms with Crippen LogP contribution in [0.5, 0.6) is 0 Å². The first-order valence-corrected chi connectivity index (χ1v) is 10.3. The number of benzene rings is 1. The van der Waals surface area contributed by atoms with Crippen molar-refractivity contribution in [2.45, 2.75) is 6.42 Å². The summed E-state index contributed by atoms with van der Waals surface area (Å²) >= 11 is 1.51. The maximum absolute atomic E-state index is 12.4. The molecule has 7 nitrogen and oxygen atoms in total. The van der Waals surface area contributed by atoms with Gasteiger partial charge in [-0.25, -0.2) is 0 Å². The minimum absolute atomic E-state index is 0.227. The lowest BCUT2D eigenvalue weighted by Gasteiger charge is -2.06. The second-order valence-electron chi connectivity index (χ2n) is 6.45. The molecule has 2 N–H and O–H groups in total. The molecule has 0 spiro atoms. The average molecular weight is 421 g/mol. The molecule has 4 rings (SSSR count). The van der Waals surface area contributed by atoms with Crippen LogP contribution in [0.15, 0.2) is 75.2 Å². The zero-order chi connectivity index (χ0) is 20.8. The van der Waals surface area contributed by atoms with Crippen LogP contribution in [0.2, 0.25) is 0 Å².